The number of nitrogens with zero attached hydrogens (tertiary/aromatic N) is 4. The Kier molecular flexibility index (Phi) is 2.76. The number of benzene rings is 1. The SMILES string of the molecule is [N-]=[N+]=Nc1ccc(-c2ccccc2[N+](=O)[O-])o1. The summed E-state index contributed by atoms with van der Waals surface area (Å²) in [6, 6.07) is 9.15. The van der Waals surface area contributed by atoms with Gasteiger partial charge >= 0.3 is 0 Å². The molecule has 0 saturated carbocycles. The highest BCUT2D eigenvalue weighted by Gasteiger charge is 2.16. The summed E-state index contributed by atoms with van der Waals surface area (Å²) in [5, 5.41) is 14.1. The predicted molar refractivity (Wildman–Crippen MR) is 59.6 cm³/mol. The van der Waals surface area contributed by atoms with Crippen LogP contribution in [-0.2, 0) is 0 Å². The molecule has 0 radical (unpaired) electrons. The zero-order valence-electron chi connectivity index (χ0n) is 8.48. The van der Waals surface area contributed by atoms with Gasteiger partial charge in [0, 0.05) is 11.0 Å². The summed E-state index contributed by atoms with van der Waals surface area (Å²) in [5.41, 5.74) is 8.52. The molecular formula is C10H6N4O3. The van der Waals surface area contributed by atoms with Crippen molar-refractivity contribution >= 4 is 11.6 Å². The van der Waals surface area contributed by atoms with Crippen molar-refractivity contribution in [2.24, 2.45) is 5.11 Å². The van der Waals surface area contributed by atoms with Crippen LogP contribution in [0.5, 0.6) is 0 Å². The molecule has 7 nitrogen and oxygen atoms in total. The summed E-state index contributed by atoms with van der Waals surface area (Å²) in [4.78, 5) is 12.9. The van der Waals surface area contributed by atoms with Crippen LogP contribution in [0.1, 0.15) is 0 Å². The van der Waals surface area contributed by atoms with Gasteiger partial charge in [0.2, 0.25) is 0 Å². The van der Waals surface area contributed by atoms with E-state index in [9.17, 15) is 10.1 Å². The first kappa shape index (κ1) is 10.7. The number of nitro groups is 1. The van der Waals surface area contributed by atoms with E-state index in [1.54, 1.807) is 18.2 Å². The molecule has 0 atom stereocenters. The second kappa shape index (κ2) is 4.38. The number of hydrogen-bond donors (Lipinski definition) is 0. The molecule has 0 bridgehead atoms. The van der Waals surface area contributed by atoms with E-state index in [2.05, 4.69) is 10.0 Å². The topological polar surface area (TPSA) is 105 Å². The molecular weight excluding hydrogens is 224 g/mol. The fourth-order valence-corrected chi connectivity index (χ4v) is 1.41. The molecule has 0 spiro atoms. The van der Waals surface area contributed by atoms with Crippen molar-refractivity contribution < 1.29 is 9.34 Å². The van der Waals surface area contributed by atoms with Crippen molar-refractivity contribution in [3.63, 3.8) is 0 Å². The fourth-order valence-electron chi connectivity index (χ4n) is 1.41. The number of para-hydroxylation sites is 1. The third-order valence-electron chi connectivity index (χ3n) is 2.10. The van der Waals surface area contributed by atoms with Crippen LogP contribution in [0.25, 0.3) is 21.8 Å². The standard InChI is InChI=1S/C10H6N4O3/c11-13-12-10-6-5-9(17-10)7-3-1-2-4-8(7)14(15)16/h1-6H. The van der Waals surface area contributed by atoms with Crippen LogP contribution in [0.3, 0.4) is 0 Å². The Morgan fingerprint density at radius 1 is 1.29 bits per heavy atom. The van der Waals surface area contributed by atoms with Crippen LogP contribution in [0.2, 0.25) is 0 Å². The zero-order chi connectivity index (χ0) is 12.3. The Bertz CT molecular complexity index is 614. The van der Waals surface area contributed by atoms with Crippen LogP contribution in [0.15, 0.2) is 45.9 Å². The van der Waals surface area contributed by atoms with Gasteiger partial charge in [0.1, 0.15) is 5.76 Å². The highest BCUT2D eigenvalue weighted by atomic mass is 16.6. The van der Waals surface area contributed by atoms with E-state index in [1.165, 1.54) is 18.2 Å². The molecule has 0 unspecified atom stereocenters. The van der Waals surface area contributed by atoms with Crippen molar-refractivity contribution in [1.29, 1.82) is 0 Å². The van der Waals surface area contributed by atoms with Crippen LogP contribution < -0.4 is 0 Å². The Morgan fingerprint density at radius 2 is 2.06 bits per heavy atom. The maximum absolute atomic E-state index is 10.8. The van der Waals surface area contributed by atoms with Gasteiger partial charge in [-0.3, -0.25) is 10.1 Å². The maximum Gasteiger partial charge on any atom is 0.280 e. The molecule has 0 fully saturated rings. The van der Waals surface area contributed by atoms with E-state index in [0.717, 1.165) is 0 Å². The van der Waals surface area contributed by atoms with Crippen molar-refractivity contribution in [2.75, 3.05) is 0 Å². The van der Waals surface area contributed by atoms with Crippen molar-refractivity contribution in [3.8, 4) is 11.3 Å². The third kappa shape index (κ3) is 2.09. The highest BCUT2D eigenvalue weighted by molar-refractivity contribution is 5.70. The average Bonchev–Trinajstić information content (AvgIpc) is 2.78. The summed E-state index contributed by atoms with van der Waals surface area (Å²) in [5.74, 6) is 0.361. The minimum atomic E-state index is -0.495. The van der Waals surface area contributed by atoms with Crippen molar-refractivity contribution in [1.82, 2.24) is 0 Å². The normalized spacial score (nSPS) is 9.65. The van der Waals surface area contributed by atoms with Crippen molar-refractivity contribution in [3.05, 3.63) is 57.0 Å². The molecule has 1 aromatic heterocycles. The van der Waals surface area contributed by atoms with E-state index in [4.69, 9.17) is 9.95 Å². The summed E-state index contributed by atoms with van der Waals surface area (Å²) in [7, 11) is 0. The smallest absolute Gasteiger partial charge is 0.280 e. The van der Waals surface area contributed by atoms with Crippen LogP contribution in [-0.4, -0.2) is 4.92 Å². The molecule has 0 aliphatic carbocycles. The van der Waals surface area contributed by atoms with Crippen molar-refractivity contribution in [2.45, 2.75) is 0 Å². The molecule has 84 valence electrons. The summed E-state index contributed by atoms with van der Waals surface area (Å²) >= 11 is 0. The van der Waals surface area contributed by atoms with Gasteiger partial charge in [-0.25, -0.2) is 0 Å². The average molecular weight is 230 g/mol. The number of azide groups is 1. The van der Waals surface area contributed by atoms with Gasteiger partial charge in [-0.1, -0.05) is 12.1 Å². The Morgan fingerprint density at radius 3 is 2.76 bits per heavy atom. The van der Waals surface area contributed by atoms with Gasteiger partial charge < -0.3 is 4.42 Å². The van der Waals surface area contributed by atoms with E-state index >= 15 is 0 Å². The minimum Gasteiger partial charge on any atom is -0.454 e. The Balaban J connectivity index is 2.52. The minimum absolute atomic E-state index is 0.0608. The predicted octanol–water partition coefficient (Wildman–Crippen LogP) is 3.80. The Hall–Kier alpha value is -2.79. The first-order chi connectivity index (χ1) is 8.22. The molecule has 0 amide bonds. The van der Waals surface area contributed by atoms with Gasteiger partial charge in [-0.2, -0.15) is 0 Å². The molecule has 1 aromatic carbocycles. The first-order valence-corrected chi connectivity index (χ1v) is 4.61. The second-order valence-electron chi connectivity index (χ2n) is 3.10. The Labute approximate surface area is 95.1 Å². The fraction of sp³-hybridized carbons (Fsp3) is 0. The van der Waals surface area contributed by atoms with Crippen LogP contribution in [0.4, 0.5) is 11.6 Å². The van der Waals surface area contributed by atoms with Gasteiger partial charge in [0.05, 0.1) is 10.5 Å². The number of nitro benzene ring substituents is 1. The van der Waals surface area contributed by atoms with Gasteiger partial charge in [0.15, 0.2) is 5.88 Å². The summed E-state index contributed by atoms with van der Waals surface area (Å²) in [6.07, 6.45) is 0. The van der Waals surface area contributed by atoms with Crippen LogP contribution in [0, 0.1) is 10.1 Å². The summed E-state index contributed by atoms with van der Waals surface area (Å²) < 4.78 is 5.18. The molecule has 0 aliphatic heterocycles. The van der Waals surface area contributed by atoms with E-state index in [-0.39, 0.29) is 11.6 Å². The van der Waals surface area contributed by atoms with Gasteiger partial charge in [0.25, 0.3) is 5.69 Å². The lowest BCUT2D eigenvalue weighted by Gasteiger charge is -1.98. The number of hydrogen-bond acceptors (Lipinski definition) is 4. The third-order valence-corrected chi connectivity index (χ3v) is 2.10. The second-order valence-corrected chi connectivity index (χ2v) is 3.10. The molecule has 7 heteroatoms. The lowest BCUT2D eigenvalue weighted by Crippen LogP contribution is -1.90. The molecule has 0 N–H and O–H groups in total. The highest BCUT2D eigenvalue weighted by Crippen LogP contribution is 2.32. The maximum atomic E-state index is 10.8. The molecule has 2 aromatic rings. The lowest BCUT2D eigenvalue weighted by atomic mass is 10.1. The zero-order valence-corrected chi connectivity index (χ0v) is 8.48. The number of furan rings is 1. The lowest BCUT2D eigenvalue weighted by molar-refractivity contribution is -0.384. The van der Waals surface area contributed by atoms with Gasteiger partial charge in [-0.15, -0.1) is 0 Å². The first-order valence-electron chi connectivity index (χ1n) is 4.61. The van der Waals surface area contributed by atoms with Gasteiger partial charge in [-0.05, 0) is 28.8 Å². The quantitative estimate of drug-likeness (QED) is 0.263. The van der Waals surface area contributed by atoms with E-state index in [0.29, 0.717) is 11.3 Å². The van der Waals surface area contributed by atoms with E-state index < -0.39 is 4.92 Å². The monoisotopic (exact) mass is 230 g/mol. The molecule has 0 aliphatic rings. The summed E-state index contributed by atoms with van der Waals surface area (Å²) in [6.45, 7) is 0. The number of rotatable bonds is 3. The molecule has 1 heterocycles. The van der Waals surface area contributed by atoms with Crippen LogP contribution >= 0.6 is 0 Å². The molecule has 17 heavy (non-hydrogen) atoms. The largest absolute Gasteiger partial charge is 0.454 e. The molecule has 0 saturated heterocycles. The molecule has 2 rings (SSSR count). The van der Waals surface area contributed by atoms with E-state index in [1.807, 2.05) is 0 Å².